The van der Waals surface area contributed by atoms with E-state index >= 15 is 4.39 Å². The molecule has 0 amide bonds. The molecule has 89 heavy (non-hydrogen) atoms. The number of alkyl halides is 3. The number of hydrogen-bond acceptors (Lipinski definition) is 27. The summed E-state index contributed by atoms with van der Waals surface area (Å²) in [6.07, 6.45) is -11.5. The Balaban J connectivity index is 0.000000185. The number of esters is 1. The summed E-state index contributed by atoms with van der Waals surface area (Å²) in [5.41, 5.74) is -2.91. The van der Waals surface area contributed by atoms with Gasteiger partial charge in [-0.15, -0.1) is 0 Å². The summed E-state index contributed by atoms with van der Waals surface area (Å²) in [7, 11) is 8.94. The van der Waals surface area contributed by atoms with E-state index in [0.29, 0.717) is 28.3 Å². The topological polar surface area (TPSA) is 362 Å². The first-order valence-corrected chi connectivity index (χ1v) is 29.1. The van der Waals surface area contributed by atoms with Gasteiger partial charge >= 0.3 is 31.8 Å². The largest absolute Gasteiger partial charge is 0.467 e. The summed E-state index contributed by atoms with van der Waals surface area (Å²) < 4.78 is 120. The van der Waals surface area contributed by atoms with Gasteiger partial charge in [0.05, 0.1) is 59.1 Å². The SMILES string of the molecule is CN(C)c1nc(F)nc2c1ncn2[C@@H]1O[C@](C)(CO)[C@@H](O)[C@H]1F.COc1nc(N(C)C)c2ncn([C@@H]3O[C@](C)(CO)[C@@H](O)[C@H]3F)c2n1.COc1nc(N(C)C)c2ncn([C@@H]3O[C@](C)(CO[P@@](=O)(N[C@@H](C)C(=O)OC(C)C)Oc4ccccc4)[C@@H](O)[C@H]3F)c2n1. The Morgan fingerprint density at radius 3 is 1.39 bits per heavy atom. The lowest BCUT2D eigenvalue weighted by molar-refractivity contribution is -0.149. The second-order valence-electron chi connectivity index (χ2n) is 22.5. The Labute approximate surface area is 507 Å². The predicted octanol–water partition coefficient (Wildman–Crippen LogP) is 2.91. The number of benzene rings is 1. The number of hydrogen-bond donors (Lipinski definition) is 6. The summed E-state index contributed by atoms with van der Waals surface area (Å²) in [5.74, 6) is 0.692. The summed E-state index contributed by atoms with van der Waals surface area (Å²) in [4.78, 5) is 54.5. The molecule has 1 aromatic carbocycles. The molecule has 6 N–H and O–H groups in total. The average molecular weight is 1280 g/mol. The van der Waals surface area contributed by atoms with Crippen molar-refractivity contribution in [3.05, 3.63) is 55.4 Å². The fourth-order valence-corrected chi connectivity index (χ4v) is 11.2. The van der Waals surface area contributed by atoms with E-state index in [1.54, 1.807) is 101 Å². The lowest BCUT2D eigenvalue weighted by atomic mass is 9.99. The number of imidazole rings is 3. The first-order chi connectivity index (χ1) is 41.9. The van der Waals surface area contributed by atoms with Crippen LogP contribution < -0.4 is 33.8 Å². The van der Waals surface area contributed by atoms with Gasteiger partial charge in [0, 0.05) is 42.3 Å². The molecular formula is C53H73F4N16O15P. The van der Waals surface area contributed by atoms with Crippen molar-refractivity contribution in [1.82, 2.24) is 63.6 Å². The number of nitrogens with zero attached hydrogens (tertiary/aromatic N) is 15. The Kier molecular flexibility index (Phi) is 20.2. The van der Waals surface area contributed by atoms with Crippen LogP contribution in [0.1, 0.15) is 60.2 Å². The predicted molar refractivity (Wildman–Crippen MR) is 309 cm³/mol. The molecule has 14 atom stereocenters. The van der Waals surface area contributed by atoms with Crippen LogP contribution in [-0.2, 0) is 32.8 Å². The van der Waals surface area contributed by atoms with Gasteiger partial charge in [0.15, 0.2) is 88.1 Å². The molecule has 10 rings (SSSR count). The third kappa shape index (κ3) is 13.6. The highest BCUT2D eigenvalue weighted by Gasteiger charge is 2.56. The van der Waals surface area contributed by atoms with Crippen LogP contribution in [-0.4, -0.2) is 232 Å². The van der Waals surface area contributed by atoms with Crippen molar-refractivity contribution >= 4 is 64.7 Å². The Morgan fingerprint density at radius 2 is 1.02 bits per heavy atom. The highest BCUT2D eigenvalue weighted by Crippen LogP contribution is 2.49. The number of aromatic nitrogens is 12. The van der Waals surface area contributed by atoms with Gasteiger partial charge in [-0.2, -0.15) is 39.4 Å². The van der Waals surface area contributed by atoms with Crippen LogP contribution in [0.4, 0.5) is 35.0 Å². The minimum absolute atomic E-state index is 0.0307. The zero-order valence-corrected chi connectivity index (χ0v) is 52.0. The van der Waals surface area contributed by atoms with E-state index in [1.165, 1.54) is 74.6 Å². The number of carbonyl (C=O) groups is 1. The molecule has 0 saturated carbocycles. The zero-order chi connectivity index (χ0) is 65.4. The van der Waals surface area contributed by atoms with Crippen LogP contribution in [0, 0.1) is 6.08 Å². The van der Waals surface area contributed by atoms with Gasteiger partial charge in [-0.05, 0) is 53.7 Å². The quantitative estimate of drug-likeness (QED) is 0.0293. The summed E-state index contributed by atoms with van der Waals surface area (Å²) in [5, 5.41) is 52.2. The number of halogens is 4. The second kappa shape index (κ2) is 26.6. The van der Waals surface area contributed by atoms with Crippen molar-refractivity contribution in [2.24, 2.45) is 0 Å². The number of aliphatic hydroxyl groups is 5. The highest BCUT2D eigenvalue weighted by molar-refractivity contribution is 7.52. The van der Waals surface area contributed by atoms with E-state index in [-0.39, 0.29) is 40.4 Å². The van der Waals surface area contributed by atoms with E-state index in [1.807, 2.05) is 0 Å². The molecule has 0 unspecified atom stereocenters. The van der Waals surface area contributed by atoms with Crippen molar-refractivity contribution < 1.29 is 89.9 Å². The summed E-state index contributed by atoms with van der Waals surface area (Å²) in [6.45, 7) is 7.38. The Bertz CT molecular complexity index is 3650. The molecular weight excluding hydrogens is 1210 g/mol. The van der Waals surface area contributed by atoms with E-state index in [0.717, 1.165) is 0 Å². The molecule has 6 aromatic heterocycles. The fraction of sp³-hybridized carbons (Fsp3) is 0.585. The van der Waals surface area contributed by atoms with E-state index < -0.39 is 124 Å². The molecule has 3 aliphatic rings. The number of anilines is 3. The zero-order valence-electron chi connectivity index (χ0n) is 51.1. The van der Waals surface area contributed by atoms with Crippen molar-refractivity contribution in [2.75, 3.05) is 91.0 Å². The average Bonchev–Trinajstić information content (AvgIpc) is 1.63. The van der Waals surface area contributed by atoms with E-state index in [9.17, 15) is 48.1 Å². The lowest BCUT2D eigenvalue weighted by Crippen LogP contribution is -2.44. The number of fused-ring (bicyclic) bond motifs is 3. The highest BCUT2D eigenvalue weighted by atomic mass is 31.2. The molecule has 0 radical (unpaired) electrons. The van der Waals surface area contributed by atoms with E-state index in [2.05, 4.69) is 49.9 Å². The van der Waals surface area contributed by atoms with Gasteiger partial charge in [0.25, 0.3) is 0 Å². The molecule has 3 saturated heterocycles. The summed E-state index contributed by atoms with van der Waals surface area (Å²) >= 11 is 0. The molecule has 0 aliphatic carbocycles. The first kappa shape index (κ1) is 67.6. The molecule has 0 spiro atoms. The molecule has 3 fully saturated rings. The van der Waals surface area contributed by atoms with Crippen LogP contribution in [0.25, 0.3) is 33.5 Å². The van der Waals surface area contributed by atoms with Gasteiger partial charge in [0.2, 0.25) is 0 Å². The number of ether oxygens (including phenoxy) is 6. The smallest absolute Gasteiger partial charge is 0.459 e. The monoisotopic (exact) mass is 1280 g/mol. The maximum Gasteiger partial charge on any atom is 0.459 e. The normalized spacial score (nSPS) is 27.6. The minimum atomic E-state index is -4.31. The van der Waals surface area contributed by atoms with Crippen molar-refractivity contribution in [3.8, 4) is 17.8 Å². The van der Waals surface area contributed by atoms with Gasteiger partial charge in [0.1, 0.15) is 46.9 Å². The van der Waals surface area contributed by atoms with Crippen molar-refractivity contribution in [1.29, 1.82) is 0 Å². The first-order valence-electron chi connectivity index (χ1n) is 27.6. The van der Waals surface area contributed by atoms with Crippen molar-refractivity contribution in [3.63, 3.8) is 0 Å². The van der Waals surface area contributed by atoms with Crippen molar-refractivity contribution in [2.45, 2.75) is 126 Å². The van der Waals surface area contributed by atoms with Gasteiger partial charge in [-0.3, -0.25) is 23.0 Å². The van der Waals surface area contributed by atoms with Crippen LogP contribution in [0.5, 0.6) is 17.8 Å². The Hall–Kier alpha value is -7.31. The molecule has 36 heteroatoms. The summed E-state index contributed by atoms with van der Waals surface area (Å²) in [6, 6.07) is 7.20. The standard InChI is InChI=1S/C26H36FN6O8P.C14H20FN5O4.C13H17F2N5O3/c1-15(2)39-24(35)16(3)31-42(36,41-17-11-9-8-10-12-17)38-13-26(4)20(34)18(27)23(40-26)33-14-28-19-21(32(5)6)29-25(37-7)30-22(19)33;1-14(5-21)9(22)7(15)12(24-14)20-6-16-8-10(19(2)3)17-13(23-4)18-11(8)20;1-13(4-21)8(22)6(14)11(23-13)20-5-16-7-9(19(2)3)17-12(15)18-10(7)20/h8-12,14-16,18,20,23,34H,13H2,1-7H3,(H,31,36);6-7,9,12,21-22H,5H2,1-4H3;5-6,8,11,21-22H,4H2,1-3H3/t16-,18+,20-,23+,26+,42-;7-,9+,12-,14-;6-,8+,11-,13-/m011/s1. The van der Waals surface area contributed by atoms with Crippen LogP contribution in [0.2, 0.25) is 0 Å². The molecule has 7 aromatic rings. The molecule has 31 nitrogen and oxygen atoms in total. The van der Waals surface area contributed by atoms with Crippen LogP contribution >= 0.6 is 7.75 Å². The third-order valence-corrected chi connectivity index (χ3v) is 16.2. The Morgan fingerprint density at radius 1 is 0.640 bits per heavy atom. The van der Waals surface area contributed by atoms with Gasteiger partial charge < -0.3 is 73.2 Å². The van der Waals surface area contributed by atoms with Gasteiger partial charge in [-0.25, -0.2) is 32.7 Å². The maximum absolute atomic E-state index is 15.7. The minimum Gasteiger partial charge on any atom is -0.467 e. The second-order valence-corrected chi connectivity index (χ2v) is 24.2. The number of rotatable bonds is 19. The van der Waals surface area contributed by atoms with Crippen LogP contribution in [0.3, 0.4) is 0 Å². The number of aliphatic hydroxyl groups excluding tert-OH is 5. The number of carbonyl (C=O) groups excluding carboxylic acids is 1. The molecule has 9 heterocycles. The number of nitrogens with one attached hydrogen (secondary N) is 1. The molecule has 0 bridgehead atoms. The molecule has 3 aliphatic heterocycles. The third-order valence-electron chi connectivity index (χ3n) is 14.5. The van der Waals surface area contributed by atoms with E-state index in [4.69, 9.17) is 37.5 Å². The molecule has 488 valence electrons. The lowest BCUT2D eigenvalue weighted by Gasteiger charge is -2.30. The number of para-hydroxylation sites is 1. The fourth-order valence-electron chi connectivity index (χ4n) is 9.59. The maximum atomic E-state index is 15.7. The van der Waals surface area contributed by atoms with Crippen LogP contribution in [0.15, 0.2) is 49.3 Å². The van der Waals surface area contributed by atoms with Gasteiger partial charge in [-0.1, -0.05) is 18.2 Å². The number of methoxy groups -OCH3 is 2.